The Morgan fingerprint density at radius 3 is 2.53 bits per heavy atom. The maximum atomic E-state index is 12.1. The molecule has 0 saturated carbocycles. The fourth-order valence-corrected chi connectivity index (χ4v) is 2.39. The van der Waals surface area contributed by atoms with Crippen LogP contribution in [-0.4, -0.2) is 39.4 Å². The molecule has 1 unspecified atom stereocenters. The first-order valence-corrected chi connectivity index (χ1v) is 7.93. The predicted octanol–water partition coefficient (Wildman–Crippen LogP) is 0.948. The molecule has 5 nitrogen and oxygen atoms in total. The van der Waals surface area contributed by atoms with Crippen molar-refractivity contribution in [2.75, 3.05) is 19.1 Å². The summed E-state index contributed by atoms with van der Waals surface area (Å²) < 4.78 is 27.2. The first-order chi connectivity index (χ1) is 8.74. The van der Waals surface area contributed by atoms with Gasteiger partial charge in [-0.05, 0) is 37.1 Å². The number of nitrogens with two attached hydrogens (primary N) is 1. The van der Waals surface area contributed by atoms with Gasteiger partial charge in [-0.3, -0.25) is 4.79 Å². The molecule has 0 aliphatic heterocycles. The van der Waals surface area contributed by atoms with Crippen LogP contribution in [0.2, 0.25) is 0 Å². The van der Waals surface area contributed by atoms with Gasteiger partial charge >= 0.3 is 0 Å². The predicted molar refractivity (Wildman–Crippen MR) is 74.4 cm³/mol. The molecule has 1 rings (SSSR count). The van der Waals surface area contributed by atoms with Crippen LogP contribution in [0.1, 0.15) is 22.3 Å². The molecule has 0 bridgehead atoms. The van der Waals surface area contributed by atoms with Gasteiger partial charge in [0.1, 0.15) is 15.6 Å². The van der Waals surface area contributed by atoms with Crippen LogP contribution in [0.4, 0.5) is 0 Å². The van der Waals surface area contributed by atoms with E-state index in [-0.39, 0.29) is 18.0 Å². The number of Topliss-reactive ketones (excluding diaryl/α,β-unsaturated/α-hetero) is 1. The standard InChI is InChI=1S/C13H19NO4S/c1-9-8-10(18-2)4-5-11(9)13(15)12(14)6-7-19(3,16)17/h4-5,8,12H,6-7,14H2,1-3H3. The van der Waals surface area contributed by atoms with E-state index >= 15 is 0 Å². The van der Waals surface area contributed by atoms with Gasteiger partial charge in [0.05, 0.1) is 18.9 Å². The maximum Gasteiger partial charge on any atom is 0.179 e. The summed E-state index contributed by atoms with van der Waals surface area (Å²) >= 11 is 0. The second-order valence-corrected chi connectivity index (χ2v) is 6.83. The molecule has 0 aliphatic rings. The smallest absolute Gasteiger partial charge is 0.179 e. The third kappa shape index (κ3) is 4.65. The Morgan fingerprint density at radius 1 is 1.42 bits per heavy atom. The number of hydrogen-bond acceptors (Lipinski definition) is 5. The maximum absolute atomic E-state index is 12.1. The number of ketones is 1. The summed E-state index contributed by atoms with van der Waals surface area (Å²) in [5, 5.41) is 0. The fraction of sp³-hybridized carbons (Fsp3) is 0.462. The summed E-state index contributed by atoms with van der Waals surface area (Å²) in [5.74, 6) is 0.331. The van der Waals surface area contributed by atoms with E-state index in [1.165, 1.54) is 0 Å². The lowest BCUT2D eigenvalue weighted by molar-refractivity contribution is 0.0959. The van der Waals surface area contributed by atoms with E-state index in [9.17, 15) is 13.2 Å². The summed E-state index contributed by atoms with van der Waals surface area (Å²) in [4.78, 5) is 12.1. The quantitative estimate of drug-likeness (QED) is 0.786. The molecule has 1 aromatic carbocycles. The van der Waals surface area contributed by atoms with Crippen molar-refractivity contribution >= 4 is 15.6 Å². The molecular weight excluding hydrogens is 266 g/mol. The zero-order valence-corrected chi connectivity index (χ0v) is 12.2. The van der Waals surface area contributed by atoms with Crippen molar-refractivity contribution in [3.05, 3.63) is 29.3 Å². The van der Waals surface area contributed by atoms with Gasteiger partial charge in [-0.2, -0.15) is 0 Å². The zero-order chi connectivity index (χ0) is 14.6. The number of hydrogen-bond donors (Lipinski definition) is 1. The van der Waals surface area contributed by atoms with Gasteiger partial charge in [0.25, 0.3) is 0 Å². The molecule has 2 N–H and O–H groups in total. The molecular formula is C13H19NO4S. The molecule has 0 aliphatic carbocycles. The van der Waals surface area contributed by atoms with Gasteiger partial charge in [-0.25, -0.2) is 8.42 Å². The average molecular weight is 285 g/mol. The van der Waals surface area contributed by atoms with Crippen LogP contribution in [0.25, 0.3) is 0 Å². The average Bonchev–Trinajstić information content (AvgIpc) is 2.34. The zero-order valence-electron chi connectivity index (χ0n) is 11.3. The largest absolute Gasteiger partial charge is 0.497 e. The minimum Gasteiger partial charge on any atom is -0.497 e. The lowest BCUT2D eigenvalue weighted by atomic mass is 9.98. The van der Waals surface area contributed by atoms with E-state index in [0.29, 0.717) is 11.3 Å². The highest BCUT2D eigenvalue weighted by Gasteiger charge is 2.19. The van der Waals surface area contributed by atoms with Crippen molar-refractivity contribution in [3.8, 4) is 5.75 Å². The summed E-state index contributed by atoms with van der Waals surface area (Å²) in [7, 11) is -1.56. The third-order valence-electron chi connectivity index (χ3n) is 2.84. The van der Waals surface area contributed by atoms with Gasteiger partial charge in [0, 0.05) is 11.8 Å². The normalized spacial score (nSPS) is 13.1. The highest BCUT2D eigenvalue weighted by molar-refractivity contribution is 7.90. The van der Waals surface area contributed by atoms with E-state index in [1.54, 1.807) is 32.2 Å². The Kier molecular flexibility index (Phi) is 5.08. The molecule has 0 aromatic heterocycles. The number of aryl methyl sites for hydroxylation is 1. The Balaban J connectivity index is 2.82. The highest BCUT2D eigenvalue weighted by Crippen LogP contribution is 2.18. The van der Waals surface area contributed by atoms with Crippen LogP contribution >= 0.6 is 0 Å². The molecule has 0 fully saturated rings. The second-order valence-electron chi connectivity index (χ2n) is 4.57. The summed E-state index contributed by atoms with van der Waals surface area (Å²) in [6, 6.07) is 4.28. The van der Waals surface area contributed by atoms with Crippen LogP contribution in [0.3, 0.4) is 0 Å². The van der Waals surface area contributed by atoms with E-state index in [2.05, 4.69) is 0 Å². The van der Waals surface area contributed by atoms with E-state index in [0.717, 1.165) is 11.8 Å². The van der Waals surface area contributed by atoms with Crippen LogP contribution in [0, 0.1) is 6.92 Å². The van der Waals surface area contributed by atoms with Crippen LogP contribution in [0.15, 0.2) is 18.2 Å². The molecule has 0 amide bonds. The number of rotatable bonds is 6. The fourth-order valence-electron chi connectivity index (χ4n) is 1.71. The van der Waals surface area contributed by atoms with Crippen molar-refractivity contribution in [1.82, 2.24) is 0 Å². The monoisotopic (exact) mass is 285 g/mol. The van der Waals surface area contributed by atoms with Crippen LogP contribution in [-0.2, 0) is 9.84 Å². The Labute approximate surface area is 113 Å². The van der Waals surface area contributed by atoms with Crippen molar-refractivity contribution in [2.24, 2.45) is 5.73 Å². The number of ether oxygens (including phenoxy) is 1. The summed E-state index contributed by atoms with van der Waals surface area (Å²) in [6.07, 6.45) is 1.26. The van der Waals surface area contributed by atoms with Gasteiger partial charge in [-0.1, -0.05) is 0 Å². The Hall–Kier alpha value is -1.40. The lowest BCUT2D eigenvalue weighted by Gasteiger charge is -2.12. The molecule has 19 heavy (non-hydrogen) atoms. The molecule has 1 atom stereocenters. The molecule has 6 heteroatoms. The SMILES string of the molecule is COc1ccc(C(=O)C(N)CCS(C)(=O)=O)c(C)c1. The lowest BCUT2D eigenvalue weighted by Crippen LogP contribution is -2.33. The van der Waals surface area contributed by atoms with E-state index in [4.69, 9.17) is 10.5 Å². The number of sulfone groups is 1. The first-order valence-electron chi connectivity index (χ1n) is 5.87. The van der Waals surface area contributed by atoms with Crippen molar-refractivity contribution in [2.45, 2.75) is 19.4 Å². The van der Waals surface area contributed by atoms with Crippen molar-refractivity contribution in [3.63, 3.8) is 0 Å². The summed E-state index contributed by atoms with van der Waals surface area (Å²) in [6.45, 7) is 1.79. The van der Waals surface area contributed by atoms with E-state index in [1.807, 2.05) is 0 Å². The number of methoxy groups -OCH3 is 1. The van der Waals surface area contributed by atoms with Gasteiger partial charge in [0.15, 0.2) is 5.78 Å². The molecule has 1 aromatic rings. The Morgan fingerprint density at radius 2 is 2.05 bits per heavy atom. The topological polar surface area (TPSA) is 86.5 Å². The molecule has 0 saturated heterocycles. The third-order valence-corrected chi connectivity index (χ3v) is 3.81. The molecule has 0 spiro atoms. The highest BCUT2D eigenvalue weighted by atomic mass is 32.2. The van der Waals surface area contributed by atoms with Gasteiger partial charge < -0.3 is 10.5 Å². The summed E-state index contributed by atoms with van der Waals surface area (Å²) in [5.41, 5.74) is 7.02. The first kappa shape index (κ1) is 15.7. The van der Waals surface area contributed by atoms with Crippen molar-refractivity contribution in [1.29, 1.82) is 0 Å². The second kappa shape index (κ2) is 6.16. The Bertz CT molecular complexity index is 566. The minimum absolute atomic E-state index is 0.0882. The van der Waals surface area contributed by atoms with Crippen molar-refractivity contribution < 1.29 is 17.9 Å². The molecule has 106 valence electrons. The number of benzene rings is 1. The number of carbonyl (C=O) groups is 1. The molecule has 0 heterocycles. The molecule has 0 radical (unpaired) electrons. The minimum atomic E-state index is -3.11. The van der Waals surface area contributed by atoms with Crippen LogP contribution < -0.4 is 10.5 Å². The van der Waals surface area contributed by atoms with Crippen LogP contribution in [0.5, 0.6) is 5.75 Å². The van der Waals surface area contributed by atoms with Gasteiger partial charge in [-0.15, -0.1) is 0 Å². The van der Waals surface area contributed by atoms with E-state index < -0.39 is 15.9 Å². The number of carbonyl (C=O) groups excluding carboxylic acids is 1. The van der Waals surface area contributed by atoms with Gasteiger partial charge in [0.2, 0.25) is 0 Å².